The number of imidazole rings is 1. The molecule has 0 aliphatic carbocycles. The van der Waals surface area contributed by atoms with Crippen molar-refractivity contribution in [1.82, 2.24) is 24.5 Å². The molecule has 3 N–H and O–H groups in total. The van der Waals surface area contributed by atoms with E-state index in [9.17, 15) is 9.90 Å². The van der Waals surface area contributed by atoms with E-state index in [0.29, 0.717) is 25.2 Å². The molecule has 8 nitrogen and oxygen atoms in total. The zero-order valence-corrected chi connectivity index (χ0v) is 15.5. The fourth-order valence-corrected chi connectivity index (χ4v) is 3.87. The van der Waals surface area contributed by atoms with E-state index in [1.54, 1.807) is 4.57 Å². The number of rotatable bonds is 3. The van der Waals surface area contributed by atoms with Gasteiger partial charge in [0.2, 0.25) is 0 Å². The number of ether oxygens (including phenoxy) is 1. The third-order valence-electron chi connectivity index (χ3n) is 5.40. The van der Waals surface area contributed by atoms with Gasteiger partial charge in [0.25, 0.3) is 0 Å². The quantitative estimate of drug-likeness (QED) is 0.505. The summed E-state index contributed by atoms with van der Waals surface area (Å²) in [6.45, 7) is 2.68. The smallest absolute Gasteiger partial charge is 0.327 e. The Morgan fingerprint density at radius 1 is 1.32 bits per heavy atom. The Hall–Kier alpha value is -2.97. The molecule has 0 unspecified atom stereocenters. The second kappa shape index (κ2) is 6.57. The fourth-order valence-electron chi connectivity index (χ4n) is 3.87. The lowest BCUT2D eigenvalue weighted by molar-refractivity contribution is -0.0609. The molecular weight excluding hydrogens is 358 g/mol. The maximum absolute atomic E-state index is 12.5. The lowest BCUT2D eigenvalue weighted by atomic mass is 10.0. The first-order chi connectivity index (χ1) is 13.6. The van der Waals surface area contributed by atoms with Crippen LogP contribution in [0.2, 0.25) is 0 Å². The minimum Gasteiger partial charge on any atom is -0.391 e. The van der Waals surface area contributed by atoms with Crippen molar-refractivity contribution in [2.75, 3.05) is 6.61 Å². The number of nitrogens with zero attached hydrogens (tertiary/aromatic N) is 3. The Labute approximate surface area is 160 Å². The molecule has 5 heterocycles. The minimum atomic E-state index is -0.414. The maximum atomic E-state index is 12.5. The summed E-state index contributed by atoms with van der Waals surface area (Å²) in [6.07, 6.45) is 4.58. The van der Waals surface area contributed by atoms with Gasteiger partial charge in [0, 0.05) is 34.6 Å². The summed E-state index contributed by atoms with van der Waals surface area (Å²) in [5.74, 6) is 0. The van der Waals surface area contributed by atoms with Crippen molar-refractivity contribution in [3.05, 3.63) is 46.8 Å². The summed E-state index contributed by atoms with van der Waals surface area (Å²) in [7, 11) is 0. The molecule has 1 aliphatic rings. The van der Waals surface area contributed by atoms with E-state index in [2.05, 4.69) is 26.0 Å². The second-order valence-electron chi connectivity index (χ2n) is 7.36. The zero-order chi connectivity index (χ0) is 19.3. The van der Waals surface area contributed by atoms with Gasteiger partial charge in [-0.05, 0) is 38.0 Å². The standard InChI is InChI=1S/C20H21N5O3/c1-11-16(13-6-12-4-5-21-18(12)22-8-13)7-17-19(23-11)24-20(27)25(17)9-15-3-2-14(26)10-28-15/h4-8,14-15,26H,2-3,9-10H2,1H3,(H,21,22)(H,23,24,27)/t14-,15-/m1/s1. The third-order valence-corrected chi connectivity index (χ3v) is 5.40. The second-order valence-corrected chi connectivity index (χ2v) is 7.36. The molecule has 0 saturated carbocycles. The Kier molecular flexibility index (Phi) is 4.03. The molecule has 4 aromatic heterocycles. The van der Waals surface area contributed by atoms with Crippen molar-refractivity contribution in [2.45, 2.75) is 38.5 Å². The van der Waals surface area contributed by atoms with Crippen molar-refractivity contribution in [3.8, 4) is 11.1 Å². The average molecular weight is 379 g/mol. The largest absolute Gasteiger partial charge is 0.391 e. The number of H-pyrrole nitrogens is 2. The minimum absolute atomic E-state index is 0.0947. The fraction of sp³-hybridized carbons (Fsp3) is 0.350. The summed E-state index contributed by atoms with van der Waals surface area (Å²) in [6, 6.07) is 6.03. The first-order valence-electron chi connectivity index (χ1n) is 9.42. The molecule has 0 bridgehead atoms. The summed E-state index contributed by atoms with van der Waals surface area (Å²) >= 11 is 0. The van der Waals surface area contributed by atoms with Crippen molar-refractivity contribution in [2.24, 2.45) is 0 Å². The van der Waals surface area contributed by atoms with E-state index in [1.807, 2.05) is 31.5 Å². The number of aliphatic hydroxyl groups excluding tert-OH is 1. The van der Waals surface area contributed by atoms with Crippen molar-refractivity contribution >= 4 is 22.2 Å². The number of hydrogen-bond acceptors (Lipinski definition) is 5. The van der Waals surface area contributed by atoms with Crippen LogP contribution in [0.25, 0.3) is 33.3 Å². The molecule has 4 aromatic rings. The van der Waals surface area contributed by atoms with Gasteiger partial charge < -0.3 is 14.8 Å². The van der Waals surface area contributed by atoms with Gasteiger partial charge in [-0.25, -0.2) is 14.8 Å². The normalized spacial score (nSPS) is 20.2. The van der Waals surface area contributed by atoms with E-state index < -0.39 is 6.10 Å². The molecule has 5 rings (SSSR count). The Morgan fingerprint density at radius 2 is 2.21 bits per heavy atom. The van der Waals surface area contributed by atoms with E-state index >= 15 is 0 Å². The molecule has 1 saturated heterocycles. The molecule has 0 spiro atoms. The molecule has 28 heavy (non-hydrogen) atoms. The Morgan fingerprint density at radius 3 is 3.04 bits per heavy atom. The van der Waals surface area contributed by atoms with Crippen molar-refractivity contribution in [3.63, 3.8) is 0 Å². The lowest BCUT2D eigenvalue weighted by Crippen LogP contribution is -2.34. The number of aromatic nitrogens is 5. The van der Waals surface area contributed by atoms with Gasteiger partial charge in [0.05, 0.1) is 30.9 Å². The Balaban J connectivity index is 1.57. The highest BCUT2D eigenvalue weighted by atomic mass is 16.5. The van der Waals surface area contributed by atoms with Gasteiger partial charge in [-0.3, -0.25) is 9.55 Å². The maximum Gasteiger partial charge on any atom is 0.327 e. The van der Waals surface area contributed by atoms with Gasteiger partial charge >= 0.3 is 5.69 Å². The van der Waals surface area contributed by atoms with Gasteiger partial charge in [-0.2, -0.15) is 0 Å². The van der Waals surface area contributed by atoms with Crippen LogP contribution in [0, 0.1) is 6.92 Å². The molecule has 0 aromatic carbocycles. The number of fused-ring (bicyclic) bond motifs is 2. The lowest BCUT2D eigenvalue weighted by Gasteiger charge is -2.26. The predicted octanol–water partition coefficient (Wildman–Crippen LogP) is 2.12. The molecule has 2 atom stereocenters. The van der Waals surface area contributed by atoms with Crippen molar-refractivity contribution < 1.29 is 9.84 Å². The first-order valence-corrected chi connectivity index (χ1v) is 9.42. The van der Waals surface area contributed by atoms with E-state index in [1.165, 1.54) is 0 Å². The van der Waals surface area contributed by atoms with Gasteiger partial charge in [0.15, 0.2) is 5.65 Å². The van der Waals surface area contributed by atoms with Crippen LogP contribution < -0.4 is 5.69 Å². The van der Waals surface area contributed by atoms with Crippen LogP contribution in [-0.2, 0) is 11.3 Å². The molecule has 1 aliphatic heterocycles. The Bertz CT molecular complexity index is 1210. The SMILES string of the molecule is Cc1nc2[nH]c(=O)n(C[C@H]3CC[C@@H](O)CO3)c2cc1-c1cnc2[nH]ccc2c1. The first kappa shape index (κ1) is 17.2. The predicted molar refractivity (Wildman–Crippen MR) is 105 cm³/mol. The monoisotopic (exact) mass is 379 g/mol. The molecule has 0 radical (unpaired) electrons. The third kappa shape index (κ3) is 2.90. The summed E-state index contributed by atoms with van der Waals surface area (Å²) in [4.78, 5) is 27.5. The number of nitrogens with one attached hydrogen (secondary N) is 2. The van der Waals surface area contributed by atoms with Crippen LogP contribution in [0.4, 0.5) is 0 Å². The van der Waals surface area contributed by atoms with Crippen LogP contribution >= 0.6 is 0 Å². The summed E-state index contributed by atoms with van der Waals surface area (Å²) in [5.41, 5.74) is 4.67. The number of pyridine rings is 2. The van der Waals surface area contributed by atoms with Crippen LogP contribution in [0.5, 0.6) is 0 Å². The van der Waals surface area contributed by atoms with Crippen LogP contribution in [0.15, 0.2) is 35.4 Å². The molecule has 1 fully saturated rings. The van der Waals surface area contributed by atoms with E-state index in [4.69, 9.17) is 4.74 Å². The van der Waals surface area contributed by atoms with E-state index in [0.717, 1.165) is 39.8 Å². The average Bonchev–Trinajstić information content (AvgIpc) is 3.26. The highest BCUT2D eigenvalue weighted by molar-refractivity contribution is 5.85. The molecule has 8 heteroatoms. The summed E-state index contributed by atoms with van der Waals surface area (Å²) < 4.78 is 7.36. The van der Waals surface area contributed by atoms with Crippen LogP contribution in [-0.4, -0.2) is 48.4 Å². The zero-order valence-electron chi connectivity index (χ0n) is 15.5. The number of aryl methyl sites for hydroxylation is 1. The molecule has 144 valence electrons. The van der Waals surface area contributed by atoms with Crippen molar-refractivity contribution in [1.29, 1.82) is 0 Å². The van der Waals surface area contributed by atoms with Gasteiger partial charge in [-0.1, -0.05) is 0 Å². The molecular formula is C20H21N5O3. The number of aliphatic hydroxyl groups is 1. The van der Waals surface area contributed by atoms with Crippen LogP contribution in [0.1, 0.15) is 18.5 Å². The molecule has 0 amide bonds. The van der Waals surface area contributed by atoms with Crippen LogP contribution in [0.3, 0.4) is 0 Å². The van der Waals surface area contributed by atoms with Gasteiger partial charge in [-0.15, -0.1) is 0 Å². The summed E-state index contributed by atoms with van der Waals surface area (Å²) in [5, 5.41) is 10.6. The number of hydrogen-bond donors (Lipinski definition) is 3. The van der Waals surface area contributed by atoms with E-state index in [-0.39, 0.29) is 11.8 Å². The van der Waals surface area contributed by atoms with Gasteiger partial charge in [0.1, 0.15) is 5.65 Å². The number of aromatic amines is 2. The highest BCUT2D eigenvalue weighted by Gasteiger charge is 2.22. The topological polar surface area (TPSA) is 109 Å². The highest BCUT2D eigenvalue weighted by Crippen LogP contribution is 2.27.